The van der Waals surface area contributed by atoms with Crippen molar-refractivity contribution in [2.45, 2.75) is 0 Å². The number of amides is 1. The molecule has 5 nitrogen and oxygen atoms in total. The Kier molecular flexibility index (Phi) is 3.64. The number of aromatic nitrogens is 2. The van der Waals surface area contributed by atoms with Crippen molar-refractivity contribution in [3.63, 3.8) is 0 Å². The van der Waals surface area contributed by atoms with Crippen LogP contribution in [0.5, 0.6) is 0 Å². The molecule has 0 saturated heterocycles. The minimum Gasteiger partial charge on any atom is -0.267 e. The molecule has 21 heavy (non-hydrogen) atoms. The molecule has 2 aromatic heterocycles. The standard InChI is InChI=1S/C16H12N4O/c21-16(13-7-9-17-10-8-13)20-18-11-14-6-5-12-3-1-2-4-15(12)19-14/h1-11H,(H,20,21)/b18-11-. The summed E-state index contributed by atoms with van der Waals surface area (Å²) in [6, 6.07) is 14.9. The number of para-hydroxylation sites is 1. The van der Waals surface area contributed by atoms with Gasteiger partial charge >= 0.3 is 0 Å². The Morgan fingerprint density at radius 3 is 2.71 bits per heavy atom. The van der Waals surface area contributed by atoms with Gasteiger partial charge in [-0.2, -0.15) is 5.10 Å². The van der Waals surface area contributed by atoms with Crippen LogP contribution < -0.4 is 5.43 Å². The van der Waals surface area contributed by atoms with Gasteiger partial charge in [-0.1, -0.05) is 24.3 Å². The summed E-state index contributed by atoms with van der Waals surface area (Å²) in [7, 11) is 0. The van der Waals surface area contributed by atoms with E-state index < -0.39 is 0 Å². The van der Waals surface area contributed by atoms with Crippen molar-refractivity contribution in [3.05, 3.63) is 72.2 Å². The van der Waals surface area contributed by atoms with E-state index >= 15 is 0 Å². The third-order valence-corrected chi connectivity index (χ3v) is 2.93. The molecule has 5 heteroatoms. The number of fused-ring (bicyclic) bond motifs is 1. The molecule has 0 aliphatic heterocycles. The molecular formula is C16H12N4O. The normalized spacial score (nSPS) is 10.9. The molecule has 0 aliphatic rings. The second-order valence-corrected chi connectivity index (χ2v) is 4.36. The van der Waals surface area contributed by atoms with Gasteiger partial charge in [0.2, 0.25) is 0 Å². The first-order valence-electron chi connectivity index (χ1n) is 6.42. The fourth-order valence-corrected chi connectivity index (χ4v) is 1.88. The molecular weight excluding hydrogens is 264 g/mol. The average molecular weight is 276 g/mol. The summed E-state index contributed by atoms with van der Waals surface area (Å²) in [6.45, 7) is 0. The summed E-state index contributed by atoms with van der Waals surface area (Å²) in [5, 5.41) is 4.98. The van der Waals surface area contributed by atoms with Gasteiger partial charge in [-0.3, -0.25) is 9.78 Å². The Morgan fingerprint density at radius 2 is 1.86 bits per heavy atom. The molecule has 3 rings (SSSR count). The van der Waals surface area contributed by atoms with Crippen molar-refractivity contribution < 1.29 is 4.79 Å². The van der Waals surface area contributed by atoms with Crippen LogP contribution in [0.15, 0.2) is 66.0 Å². The van der Waals surface area contributed by atoms with Gasteiger partial charge in [0, 0.05) is 23.3 Å². The van der Waals surface area contributed by atoms with Crippen LogP contribution in [-0.2, 0) is 0 Å². The van der Waals surface area contributed by atoms with Crippen molar-refractivity contribution in [1.29, 1.82) is 0 Å². The highest BCUT2D eigenvalue weighted by molar-refractivity contribution is 5.94. The number of nitrogens with zero attached hydrogens (tertiary/aromatic N) is 3. The van der Waals surface area contributed by atoms with E-state index in [9.17, 15) is 4.79 Å². The van der Waals surface area contributed by atoms with Crippen LogP contribution in [0.25, 0.3) is 10.9 Å². The summed E-state index contributed by atoms with van der Waals surface area (Å²) >= 11 is 0. The number of benzene rings is 1. The molecule has 0 fully saturated rings. The lowest BCUT2D eigenvalue weighted by molar-refractivity contribution is 0.0955. The van der Waals surface area contributed by atoms with Crippen LogP contribution in [0.2, 0.25) is 0 Å². The molecule has 0 atom stereocenters. The van der Waals surface area contributed by atoms with Gasteiger partial charge in [0.25, 0.3) is 5.91 Å². The van der Waals surface area contributed by atoms with Crippen molar-refractivity contribution >= 4 is 23.0 Å². The Hall–Kier alpha value is -3.08. The van der Waals surface area contributed by atoms with E-state index in [-0.39, 0.29) is 5.91 Å². The zero-order valence-electron chi connectivity index (χ0n) is 11.1. The zero-order chi connectivity index (χ0) is 14.5. The second-order valence-electron chi connectivity index (χ2n) is 4.36. The summed E-state index contributed by atoms with van der Waals surface area (Å²) < 4.78 is 0. The Balaban J connectivity index is 1.71. The Morgan fingerprint density at radius 1 is 1.05 bits per heavy atom. The number of hydrogen-bond donors (Lipinski definition) is 1. The minimum absolute atomic E-state index is 0.283. The third kappa shape index (κ3) is 3.09. The molecule has 1 N–H and O–H groups in total. The molecule has 102 valence electrons. The lowest BCUT2D eigenvalue weighted by Gasteiger charge is -1.99. The first-order valence-corrected chi connectivity index (χ1v) is 6.42. The molecule has 0 bridgehead atoms. The van der Waals surface area contributed by atoms with Gasteiger partial charge in [0.1, 0.15) is 0 Å². The largest absolute Gasteiger partial charge is 0.271 e. The Bertz CT molecular complexity index is 799. The van der Waals surface area contributed by atoms with Crippen molar-refractivity contribution in [2.75, 3.05) is 0 Å². The maximum Gasteiger partial charge on any atom is 0.271 e. The van der Waals surface area contributed by atoms with E-state index in [0.717, 1.165) is 10.9 Å². The number of hydrazone groups is 1. The minimum atomic E-state index is -0.283. The molecule has 0 saturated carbocycles. The van der Waals surface area contributed by atoms with Gasteiger partial charge in [0.15, 0.2) is 0 Å². The number of carbonyl (C=O) groups excluding carboxylic acids is 1. The fourth-order valence-electron chi connectivity index (χ4n) is 1.88. The topological polar surface area (TPSA) is 67.2 Å². The highest BCUT2D eigenvalue weighted by atomic mass is 16.2. The van der Waals surface area contributed by atoms with Crippen molar-refractivity contribution in [1.82, 2.24) is 15.4 Å². The average Bonchev–Trinajstić information content (AvgIpc) is 2.55. The van der Waals surface area contributed by atoms with Gasteiger partial charge in [-0.25, -0.2) is 10.4 Å². The molecule has 1 aromatic carbocycles. The maximum atomic E-state index is 11.8. The number of pyridine rings is 2. The molecule has 2 heterocycles. The molecule has 3 aromatic rings. The quantitative estimate of drug-likeness (QED) is 0.590. The lowest BCUT2D eigenvalue weighted by Crippen LogP contribution is -2.17. The van der Waals surface area contributed by atoms with E-state index in [2.05, 4.69) is 20.5 Å². The summed E-state index contributed by atoms with van der Waals surface area (Å²) in [4.78, 5) is 20.1. The zero-order valence-corrected chi connectivity index (χ0v) is 11.1. The smallest absolute Gasteiger partial charge is 0.267 e. The van der Waals surface area contributed by atoms with Crippen LogP contribution in [0.4, 0.5) is 0 Å². The fraction of sp³-hybridized carbons (Fsp3) is 0. The number of hydrogen-bond acceptors (Lipinski definition) is 4. The van der Waals surface area contributed by atoms with E-state index in [4.69, 9.17) is 0 Å². The van der Waals surface area contributed by atoms with Gasteiger partial charge < -0.3 is 0 Å². The molecule has 0 spiro atoms. The third-order valence-electron chi connectivity index (χ3n) is 2.93. The monoisotopic (exact) mass is 276 g/mol. The summed E-state index contributed by atoms with van der Waals surface area (Å²) in [5.74, 6) is -0.283. The molecule has 0 unspecified atom stereocenters. The number of rotatable bonds is 3. The van der Waals surface area contributed by atoms with Crippen molar-refractivity contribution in [2.24, 2.45) is 5.10 Å². The first-order chi connectivity index (χ1) is 10.3. The second kappa shape index (κ2) is 5.92. The highest BCUT2D eigenvalue weighted by Crippen LogP contribution is 2.10. The lowest BCUT2D eigenvalue weighted by atomic mass is 10.2. The first kappa shape index (κ1) is 12.9. The molecule has 0 radical (unpaired) electrons. The van der Waals surface area contributed by atoms with Gasteiger partial charge in [-0.05, 0) is 24.3 Å². The summed E-state index contributed by atoms with van der Waals surface area (Å²) in [6.07, 6.45) is 4.64. The SMILES string of the molecule is O=C(N/N=C\c1ccc2ccccc2n1)c1ccncc1. The van der Waals surface area contributed by atoms with Gasteiger partial charge in [0.05, 0.1) is 17.4 Å². The van der Waals surface area contributed by atoms with E-state index in [1.54, 1.807) is 24.5 Å². The van der Waals surface area contributed by atoms with E-state index in [0.29, 0.717) is 11.3 Å². The Labute approximate surface area is 121 Å². The van der Waals surface area contributed by atoms with Crippen LogP contribution in [0.3, 0.4) is 0 Å². The maximum absolute atomic E-state index is 11.8. The number of carbonyl (C=O) groups is 1. The van der Waals surface area contributed by atoms with Crippen LogP contribution in [-0.4, -0.2) is 22.1 Å². The number of nitrogens with one attached hydrogen (secondary N) is 1. The predicted octanol–water partition coefficient (Wildman–Crippen LogP) is 2.39. The van der Waals surface area contributed by atoms with Gasteiger partial charge in [-0.15, -0.1) is 0 Å². The van der Waals surface area contributed by atoms with E-state index in [1.807, 2.05) is 36.4 Å². The van der Waals surface area contributed by atoms with E-state index in [1.165, 1.54) is 6.21 Å². The van der Waals surface area contributed by atoms with Crippen LogP contribution >= 0.6 is 0 Å². The van der Waals surface area contributed by atoms with Crippen molar-refractivity contribution in [3.8, 4) is 0 Å². The highest BCUT2D eigenvalue weighted by Gasteiger charge is 2.02. The van der Waals surface area contributed by atoms with Crippen LogP contribution in [0, 0.1) is 0 Å². The summed E-state index contributed by atoms with van der Waals surface area (Å²) in [5.41, 5.74) is 4.54. The predicted molar refractivity (Wildman–Crippen MR) is 81.0 cm³/mol. The molecule has 0 aliphatic carbocycles. The molecule has 1 amide bonds. The van der Waals surface area contributed by atoms with Crippen LogP contribution in [0.1, 0.15) is 16.1 Å².